The van der Waals surface area contributed by atoms with Crippen LogP contribution in [0.1, 0.15) is 37.5 Å². The monoisotopic (exact) mass is 375 g/mol. The van der Waals surface area contributed by atoms with E-state index < -0.39 is 12.0 Å². The molecule has 0 unspecified atom stereocenters. The molecule has 0 aromatic carbocycles. The van der Waals surface area contributed by atoms with E-state index in [9.17, 15) is 18.0 Å². The van der Waals surface area contributed by atoms with Gasteiger partial charge >= 0.3 is 6.18 Å². The molecule has 1 aliphatic rings. The van der Waals surface area contributed by atoms with E-state index in [1.807, 2.05) is 0 Å². The minimum atomic E-state index is -4.70. The second-order valence-corrected chi connectivity index (χ2v) is 6.55. The number of thioether (sulfide) groups is 1. The predicted octanol–water partition coefficient (Wildman–Crippen LogP) is 2.05. The highest BCUT2D eigenvalue weighted by molar-refractivity contribution is 7.99. The number of carbonyl (C=O) groups is 1. The average molecular weight is 375 g/mol. The molecule has 1 fully saturated rings. The molecule has 8 nitrogen and oxygen atoms in total. The van der Waals surface area contributed by atoms with Crippen LogP contribution in [0.25, 0.3) is 0 Å². The van der Waals surface area contributed by atoms with Crippen LogP contribution in [0.4, 0.5) is 19.0 Å². The third-order valence-corrected chi connectivity index (χ3v) is 4.80. The second-order valence-electron chi connectivity index (χ2n) is 5.61. The van der Waals surface area contributed by atoms with Crippen LogP contribution >= 0.6 is 11.8 Å². The topological polar surface area (TPSA) is 104 Å². The van der Waals surface area contributed by atoms with Crippen molar-refractivity contribution in [1.82, 2.24) is 24.7 Å². The van der Waals surface area contributed by atoms with E-state index >= 15 is 0 Å². The minimum Gasteiger partial charge on any atom is -0.335 e. The molecule has 0 saturated heterocycles. The van der Waals surface area contributed by atoms with E-state index in [0.29, 0.717) is 10.5 Å². The number of nitrogens with zero attached hydrogens (tertiary/aromatic N) is 5. The maximum atomic E-state index is 12.6. The Morgan fingerprint density at radius 3 is 2.72 bits per heavy atom. The Bertz CT molecular complexity index is 751. The Hall–Kier alpha value is -2.24. The Morgan fingerprint density at radius 1 is 1.36 bits per heavy atom. The number of rotatable bonds is 5. The van der Waals surface area contributed by atoms with Crippen molar-refractivity contribution in [3.8, 4) is 0 Å². The van der Waals surface area contributed by atoms with Gasteiger partial charge in [-0.3, -0.25) is 4.79 Å². The second kappa shape index (κ2) is 6.94. The molecule has 0 bridgehead atoms. The van der Waals surface area contributed by atoms with Crippen molar-refractivity contribution < 1.29 is 18.0 Å². The summed E-state index contributed by atoms with van der Waals surface area (Å²) in [5.74, 6) is 4.05. The minimum absolute atomic E-state index is 0.150. The van der Waals surface area contributed by atoms with Gasteiger partial charge in [0.05, 0.1) is 18.0 Å². The molecule has 2 heterocycles. The lowest BCUT2D eigenvalue weighted by molar-refractivity contribution is -0.146. The number of nitrogens with two attached hydrogens (primary N) is 1. The first kappa shape index (κ1) is 17.6. The van der Waals surface area contributed by atoms with Crippen molar-refractivity contribution >= 4 is 23.5 Å². The number of anilines is 1. The van der Waals surface area contributed by atoms with Crippen LogP contribution in [0.3, 0.4) is 0 Å². The van der Waals surface area contributed by atoms with Crippen LogP contribution in [0.2, 0.25) is 0 Å². The smallest absolute Gasteiger partial charge is 0.335 e. The van der Waals surface area contributed by atoms with E-state index in [1.165, 1.54) is 0 Å². The van der Waals surface area contributed by atoms with Gasteiger partial charge in [0.15, 0.2) is 0 Å². The molecule has 3 N–H and O–H groups in total. The first-order valence-corrected chi connectivity index (χ1v) is 8.58. The zero-order valence-electron chi connectivity index (χ0n) is 13.0. The van der Waals surface area contributed by atoms with Crippen LogP contribution < -0.4 is 11.2 Å². The number of nitrogens with one attached hydrogen (secondary N) is 1. The Morgan fingerprint density at radius 2 is 2.08 bits per heavy atom. The summed E-state index contributed by atoms with van der Waals surface area (Å²) in [6.45, 7) is 0. The zero-order chi connectivity index (χ0) is 18.0. The number of hydrogen-bond donors (Lipinski definition) is 2. The number of amides is 1. The summed E-state index contributed by atoms with van der Waals surface area (Å²) in [4.78, 5) is 12.1. The van der Waals surface area contributed by atoms with E-state index in [0.717, 1.165) is 37.4 Å². The van der Waals surface area contributed by atoms with Crippen molar-refractivity contribution in [2.24, 2.45) is 0 Å². The number of hydrogen-bond acceptors (Lipinski definition) is 6. The Balaban J connectivity index is 1.59. The third-order valence-electron chi connectivity index (χ3n) is 3.86. The molecule has 2 aromatic heterocycles. The summed E-state index contributed by atoms with van der Waals surface area (Å²) in [6.07, 6.45) is 1.18. The fraction of sp³-hybridized carbons (Fsp3) is 0.538. The molecule has 0 spiro atoms. The quantitative estimate of drug-likeness (QED) is 0.612. The first-order chi connectivity index (χ1) is 11.9. The van der Waals surface area contributed by atoms with Gasteiger partial charge in [0, 0.05) is 6.07 Å². The van der Waals surface area contributed by atoms with Gasteiger partial charge in [-0.25, -0.2) is 9.36 Å². The van der Waals surface area contributed by atoms with E-state index in [-0.39, 0.29) is 22.9 Å². The van der Waals surface area contributed by atoms with Crippen molar-refractivity contribution in [2.45, 2.75) is 43.1 Å². The fourth-order valence-electron chi connectivity index (χ4n) is 2.73. The lowest BCUT2D eigenvalue weighted by Crippen LogP contribution is -2.22. The Kier molecular flexibility index (Phi) is 4.88. The molecule has 0 radical (unpaired) electrons. The lowest BCUT2D eigenvalue weighted by atomic mass is 10.2. The van der Waals surface area contributed by atoms with Crippen LogP contribution in [0.5, 0.6) is 0 Å². The summed E-state index contributed by atoms with van der Waals surface area (Å²) in [7, 11) is 0. The van der Waals surface area contributed by atoms with Gasteiger partial charge in [-0.1, -0.05) is 24.6 Å². The standard InChI is InChI=1S/C13H16F3N7OS/c14-13(15,16)11-20-21-12(22(11)17)25-7-10(24)19-9-5-6-18-23(9)8-3-1-2-4-8/h5-6,8H,1-4,7,17H2,(H,19,24). The summed E-state index contributed by atoms with van der Waals surface area (Å²) >= 11 is 0.775. The molecule has 25 heavy (non-hydrogen) atoms. The third kappa shape index (κ3) is 3.89. The molecule has 1 aliphatic carbocycles. The lowest BCUT2D eigenvalue weighted by Gasteiger charge is -2.14. The van der Waals surface area contributed by atoms with Gasteiger partial charge < -0.3 is 11.2 Å². The van der Waals surface area contributed by atoms with Crippen LogP contribution in [-0.4, -0.2) is 36.3 Å². The van der Waals surface area contributed by atoms with Gasteiger partial charge in [0.1, 0.15) is 5.82 Å². The normalized spacial score (nSPS) is 15.6. The molecule has 3 rings (SSSR count). The first-order valence-electron chi connectivity index (χ1n) is 7.60. The molecule has 1 amide bonds. The molecule has 12 heteroatoms. The maximum Gasteiger partial charge on any atom is 0.453 e. The van der Waals surface area contributed by atoms with Gasteiger partial charge in [0.25, 0.3) is 5.82 Å². The highest BCUT2D eigenvalue weighted by atomic mass is 32.2. The molecule has 2 aromatic rings. The SMILES string of the molecule is Nn1c(SCC(=O)Nc2ccnn2C2CCCC2)nnc1C(F)(F)F. The van der Waals surface area contributed by atoms with Crippen molar-refractivity contribution in [2.75, 3.05) is 16.9 Å². The highest BCUT2D eigenvalue weighted by Crippen LogP contribution is 2.31. The summed E-state index contributed by atoms with van der Waals surface area (Å²) in [6, 6.07) is 1.95. The summed E-state index contributed by atoms with van der Waals surface area (Å²) < 4.78 is 39.9. The average Bonchev–Trinajstić information content (AvgIpc) is 3.24. The molecule has 0 atom stereocenters. The van der Waals surface area contributed by atoms with Crippen molar-refractivity contribution in [3.63, 3.8) is 0 Å². The fourth-order valence-corrected chi connectivity index (χ4v) is 3.39. The predicted molar refractivity (Wildman–Crippen MR) is 84.3 cm³/mol. The van der Waals surface area contributed by atoms with Crippen LogP contribution in [0.15, 0.2) is 17.4 Å². The summed E-state index contributed by atoms with van der Waals surface area (Å²) in [5.41, 5.74) is 0. The van der Waals surface area contributed by atoms with Gasteiger partial charge in [-0.15, -0.1) is 10.2 Å². The molecular weight excluding hydrogens is 359 g/mol. The number of halogens is 3. The number of nitrogen functional groups attached to an aromatic ring is 1. The molecular formula is C13H16F3N7OS. The van der Waals surface area contributed by atoms with E-state index in [1.54, 1.807) is 16.9 Å². The molecule has 136 valence electrons. The van der Waals surface area contributed by atoms with Gasteiger partial charge in [-0.2, -0.15) is 18.3 Å². The molecule has 1 saturated carbocycles. The van der Waals surface area contributed by atoms with E-state index in [4.69, 9.17) is 5.84 Å². The van der Waals surface area contributed by atoms with Crippen LogP contribution in [0, 0.1) is 0 Å². The van der Waals surface area contributed by atoms with Gasteiger partial charge in [0.2, 0.25) is 11.1 Å². The largest absolute Gasteiger partial charge is 0.453 e. The van der Waals surface area contributed by atoms with Crippen LogP contribution in [-0.2, 0) is 11.0 Å². The van der Waals surface area contributed by atoms with Gasteiger partial charge in [-0.05, 0) is 12.8 Å². The Labute approximate surface area is 144 Å². The summed E-state index contributed by atoms with van der Waals surface area (Å²) in [5, 5.41) is 13.1. The zero-order valence-corrected chi connectivity index (χ0v) is 13.8. The number of alkyl halides is 3. The van der Waals surface area contributed by atoms with E-state index in [2.05, 4.69) is 20.6 Å². The molecule has 0 aliphatic heterocycles. The number of aromatic nitrogens is 5. The van der Waals surface area contributed by atoms with Crippen molar-refractivity contribution in [1.29, 1.82) is 0 Å². The highest BCUT2D eigenvalue weighted by Gasteiger charge is 2.38. The number of carbonyl (C=O) groups excluding carboxylic acids is 1. The van der Waals surface area contributed by atoms with Crippen molar-refractivity contribution in [3.05, 3.63) is 18.1 Å². The maximum absolute atomic E-state index is 12.6.